The first-order chi connectivity index (χ1) is 9.66. The summed E-state index contributed by atoms with van der Waals surface area (Å²) in [7, 11) is 3.92. The molecule has 1 amide bonds. The Hall–Kier alpha value is -2.01. The molecule has 5 nitrogen and oxygen atoms in total. The van der Waals surface area contributed by atoms with Crippen LogP contribution in [0.4, 0.5) is 0 Å². The third-order valence-corrected chi connectivity index (χ3v) is 3.17. The fourth-order valence-electron chi connectivity index (χ4n) is 2.01. The summed E-state index contributed by atoms with van der Waals surface area (Å²) in [5.74, 6) is 1.69. The van der Waals surface area contributed by atoms with Gasteiger partial charge in [-0.15, -0.1) is 0 Å². The standard InChI is InChI=1S/C15H20N2O3/c1-17(2)13(14-6-4-10-20-14)11-16-15(18)8-7-12-5-3-9-19-12/h3-6,9-10,13H,7-8,11H2,1-2H3,(H,16,18). The fraction of sp³-hybridized carbons (Fsp3) is 0.400. The van der Waals surface area contributed by atoms with Crippen LogP contribution in [0.15, 0.2) is 45.6 Å². The largest absolute Gasteiger partial charge is 0.469 e. The molecule has 2 rings (SSSR count). The monoisotopic (exact) mass is 276 g/mol. The number of carbonyl (C=O) groups excluding carboxylic acids is 1. The molecule has 0 saturated heterocycles. The average Bonchev–Trinajstić information content (AvgIpc) is 3.09. The summed E-state index contributed by atoms with van der Waals surface area (Å²) in [5, 5.41) is 2.93. The Labute approximate surface area is 118 Å². The smallest absolute Gasteiger partial charge is 0.220 e. The predicted molar refractivity (Wildman–Crippen MR) is 75.2 cm³/mol. The summed E-state index contributed by atoms with van der Waals surface area (Å²) >= 11 is 0. The Morgan fingerprint density at radius 2 is 2.00 bits per heavy atom. The van der Waals surface area contributed by atoms with Gasteiger partial charge in [-0.3, -0.25) is 9.69 Å². The second kappa shape index (κ2) is 6.96. The quantitative estimate of drug-likeness (QED) is 0.842. The fourth-order valence-corrected chi connectivity index (χ4v) is 2.01. The maximum atomic E-state index is 11.8. The van der Waals surface area contributed by atoms with Gasteiger partial charge in [0.05, 0.1) is 18.6 Å². The molecule has 2 aromatic heterocycles. The summed E-state index contributed by atoms with van der Waals surface area (Å²) in [6.45, 7) is 0.525. The van der Waals surface area contributed by atoms with E-state index in [2.05, 4.69) is 5.32 Å². The van der Waals surface area contributed by atoms with Crippen LogP contribution < -0.4 is 5.32 Å². The van der Waals surface area contributed by atoms with Crippen molar-refractivity contribution in [1.82, 2.24) is 10.2 Å². The molecular weight excluding hydrogens is 256 g/mol. The van der Waals surface area contributed by atoms with Crippen LogP contribution >= 0.6 is 0 Å². The van der Waals surface area contributed by atoms with Gasteiger partial charge in [0.2, 0.25) is 5.91 Å². The lowest BCUT2D eigenvalue weighted by Gasteiger charge is -2.22. The van der Waals surface area contributed by atoms with Gasteiger partial charge >= 0.3 is 0 Å². The summed E-state index contributed by atoms with van der Waals surface area (Å²) in [4.78, 5) is 13.9. The number of hydrogen-bond acceptors (Lipinski definition) is 4. The summed E-state index contributed by atoms with van der Waals surface area (Å²) in [6, 6.07) is 7.51. The zero-order chi connectivity index (χ0) is 14.4. The van der Waals surface area contributed by atoms with Crippen molar-refractivity contribution in [3.8, 4) is 0 Å². The third kappa shape index (κ3) is 3.99. The maximum absolute atomic E-state index is 11.8. The van der Waals surface area contributed by atoms with Crippen LogP contribution in [0.2, 0.25) is 0 Å². The van der Waals surface area contributed by atoms with Crippen molar-refractivity contribution in [2.45, 2.75) is 18.9 Å². The van der Waals surface area contributed by atoms with E-state index >= 15 is 0 Å². The number of rotatable bonds is 7. The van der Waals surface area contributed by atoms with Gasteiger partial charge in [-0.05, 0) is 38.4 Å². The van der Waals surface area contributed by atoms with E-state index in [1.807, 2.05) is 43.3 Å². The van der Waals surface area contributed by atoms with Gasteiger partial charge in [0, 0.05) is 19.4 Å². The average molecular weight is 276 g/mol. The van der Waals surface area contributed by atoms with Crippen LogP contribution in [0.5, 0.6) is 0 Å². The highest BCUT2D eigenvalue weighted by atomic mass is 16.3. The molecule has 1 N–H and O–H groups in total. The first-order valence-corrected chi connectivity index (χ1v) is 6.65. The predicted octanol–water partition coefficient (Wildman–Crippen LogP) is 2.22. The highest BCUT2D eigenvalue weighted by molar-refractivity contribution is 5.76. The van der Waals surface area contributed by atoms with Crippen LogP contribution in [0.25, 0.3) is 0 Å². The van der Waals surface area contributed by atoms with E-state index in [0.717, 1.165) is 11.5 Å². The molecule has 0 radical (unpaired) electrons. The number of amides is 1. The second-order valence-electron chi connectivity index (χ2n) is 4.88. The van der Waals surface area contributed by atoms with Gasteiger partial charge in [-0.2, -0.15) is 0 Å². The molecule has 5 heteroatoms. The first-order valence-electron chi connectivity index (χ1n) is 6.65. The minimum Gasteiger partial charge on any atom is -0.469 e. The van der Waals surface area contributed by atoms with E-state index < -0.39 is 0 Å². The van der Waals surface area contributed by atoms with Gasteiger partial charge in [-0.1, -0.05) is 0 Å². The zero-order valence-electron chi connectivity index (χ0n) is 11.8. The van der Waals surface area contributed by atoms with E-state index in [9.17, 15) is 4.79 Å². The number of carbonyl (C=O) groups is 1. The Bertz CT molecular complexity index is 503. The third-order valence-electron chi connectivity index (χ3n) is 3.17. The number of hydrogen-bond donors (Lipinski definition) is 1. The Balaban J connectivity index is 1.79. The van der Waals surface area contributed by atoms with Crippen molar-refractivity contribution in [2.24, 2.45) is 0 Å². The molecule has 0 saturated carbocycles. The molecule has 108 valence electrons. The van der Waals surface area contributed by atoms with Gasteiger partial charge in [-0.25, -0.2) is 0 Å². The molecular formula is C15H20N2O3. The number of nitrogens with zero attached hydrogens (tertiary/aromatic N) is 1. The van der Waals surface area contributed by atoms with Crippen molar-refractivity contribution in [2.75, 3.05) is 20.6 Å². The summed E-state index contributed by atoms with van der Waals surface area (Å²) in [6.07, 6.45) is 4.30. The van der Waals surface area contributed by atoms with Crippen LogP contribution in [0.3, 0.4) is 0 Å². The Morgan fingerprint density at radius 3 is 2.60 bits per heavy atom. The van der Waals surface area contributed by atoms with Crippen LogP contribution in [-0.4, -0.2) is 31.4 Å². The van der Waals surface area contributed by atoms with Crippen LogP contribution in [-0.2, 0) is 11.2 Å². The molecule has 2 heterocycles. The highest BCUT2D eigenvalue weighted by Gasteiger charge is 2.17. The summed E-state index contributed by atoms with van der Waals surface area (Å²) < 4.78 is 10.6. The van der Waals surface area contributed by atoms with Gasteiger partial charge < -0.3 is 14.2 Å². The topological polar surface area (TPSA) is 58.6 Å². The number of furan rings is 2. The van der Waals surface area contributed by atoms with Gasteiger partial charge in [0.1, 0.15) is 11.5 Å². The van der Waals surface area contributed by atoms with Crippen molar-refractivity contribution >= 4 is 5.91 Å². The molecule has 0 aromatic carbocycles. The van der Waals surface area contributed by atoms with Gasteiger partial charge in [0.25, 0.3) is 0 Å². The second-order valence-corrected chi connectivity index (χ2v) is 4.88. The summed E-state index contributed by atoms with van der Waals surface area (Å²) in [5.41, 5.74) is 0. The number of likely N-dealkylation sites (N-methyl/N-ethyl adjacent to an activating group) is 1. The molecule has 20 heavy (non-hydrogen) atoms. The maximum Gasteiger partial charge on any atom is 0.220 e. The minimum atomic E-state index is 0.0137. The molecule has 2 aromatic rings. The van der Waals surface area contributed by atoms with Crippen LogP contribution in [0, 0.1) is 0 Å². The molecule has 0 aliphatic carbocycles. The molecule has 0 fully saturated rings. The minimum absolute atomic E-state index is 0.0137. The molecule has 1 unspecified atom stereocenters. The first kappa shape index (κ1) is 14.4. The van der Waals surface area contributed by atoms with E-state index in [1.165, 1.54) is 0 Å². The lowest BCUT2D eigenvalue weighted by atomic mass is 10.2. The normalized spacial score (nSPS) is 12.6. The van der Waals surface area contributed by atoms with E-state index in [-0.39, 0.29) is 11.9 Å². The molecule has 0 aliphatic heterocycles. The Kier molecular flexibility index (Phi) is 5.01. The lowest BCUT2D eigenvalue weighted by molar-refractivity contribution is -0.121. The number of aryl methyl sites for hydroxylation is 1. The van der Waals surface area contributed by atoms with E-state index in [1.54, 1.807) is 12.5 Å². The van der Waals surface area contributed by atoms with Crippen molar-refractivity contribution in [3.63, 3.8) is 0 Å². The molecule has 0 aliphatic rings. The van der Waals surface area contributed by atoms with E-state index in [0.29, 0.717) is 19.4 Å². The van der Waals surface area contributed by atoms with Gasteiger partial charge in [0.15, 0.2) is 0 Å². The number of nitrogens with one attached hydrogen (secondary N) is 1. The highest BCUT2D eigenvalue weighted by Crippen LogP contribution is 2.17. The van der Waals surface area contributed by atoms with E-state index in [4.69, 9.17) is 8.83 Å². The molecule has 0 bridgehead atoms. The van der Waals surface area contributed by atoms with Crippen LogP contribution in [0.1, 0.15) is 24.0 Å². The molecule has 1 atom stereocenters. The Morgan fingerprint density at radius 1 is 1.25 bits per heavy atom. The zero-order valence-corrected chi connectivity index (χ0v) is 11.8. The van der Waals surface area contributed by atoms with Crippen molar-refractivity contribution < 1.29 is 13.6 Å². The van der Waals surface area contributed by atoms with Crippen molar-refractivity contribution in [1.29, 1.82) is 0 Å². The van der Waals surface area contributed by atoms with Crippen molar-refractivity contribution in [3.05, 3.63) is 48.3 Å². The lowest BCUT2D eigenvalue weighted by Crippen LogP contribution is -2.34. The molecule has 0 spiro atoms. The SMILES string of the molecule is CN(C)C(CNC(=O)CCc1ccco1)c1ccco1.